The van der Waals surface area contributed by atoms with Crippen LogP contribution in [0.15, 0.2) is 34.1 Å². The number of rotatable bonds is 5. The van der Waals surface area contributed by atoms with Crippen LogP contribution in [0, 0.1) is 0 Å². The molecule has 0 aliphatic rings. The fourth-order valence-electron chi connectivity index (χ4n) is 2.03. The highest BCUT2D eigenvalue weighted by atomic mass is 35.5. The van der Waals surface area contributed by atoms with Crippen LogP contribution in [-0.4, -0.2) is 28.7 Å². The molecule has 0 aliphatic carbocycles. The minimum absolute atomic E-state index is 0.0199. The Balaban J connectivity index is 2.05. The second-order valence-corrected chi connectivity index (χ2v) is 8.39. The van der Waals surface area contributed by atoms with Crippen molar-refractivity contribution in [3.63, 3.8) is 0 Å². The largest absolute Gasteiger partial charge is 0.279 e. The van der Waals surface area contributed by atoms with Gasteiger partial charge in [0.05, 0.1) is 0 Å². The van der Waals surface area contributed by atoms with E-state index in [-0.39, 0.29) is 10.2 Å². The lowest BCUT2D eigenvalue weighted by atomic mass is 10.4. The van der Waals surface area contributed by atoms with Gasteiger partial charge < -0.3 is 0 Å². The van der Waals surface area contributed by atoms with Crippen molar-refractivity contribution in [1.82, 2.24) is 13.7 Å². The van der Waals surface area contributed by atoms with Gasteiger partial charge in [-0.25, -0.2) is 13.4 Å². The molecule has 9 heteroatoms. The Labute approximate surface area is 135 Å². The molecule has 0 atom stereocenters. The molecule has 112 valence electrons. The Morgan fingerprint density at radius 2 is 2.19 bits per heavy atom. The van der Waals surface area contributed by atoms with Crippen molar-refractivity contribution in [3.8, 4) is 0 Å². The van der Waals surface area contributed by atoms with Crippen LogP contribution in [0.2, 0.25) is 5.15 Å². The van der Waals surface area contributed by atoms with Gasteiger partial charge in [-0.1, -0.05) is 24.6 Å². The van der Waals surface area contributed by atoms with E-state index in [1.54, 1.807) is 11.6 Å². The summed E-state index contributed by atoms with van der Waals surface area (Å²) in [5.74, 6) is 0. The maximum absolute atomic E-state index is 12.9. The first-order chi connectivity index (χ1) is 10.0. The standard InChI is InChI=1S/C12H12ClN3O2S3/c1-2-15(8-9-4-3-6-19-9)21(17,18)11-10(13)14-12-16(11)5-7-20-12/h3-7H,2,8H2,1H3. The van der Waals surface area contributed by atoms with E-state index in [9.17, 15) is 8.42 Å². The van der Waals surface area contributed by atoms with Gasteiger partial charge in [-0.3, -0.25) is 4.40 Å². The maximum Gasteiger partial charge on any atom is 0.262 e. The molecule has 0 radical (unpaired) electrons. The van der Waals surface area contributed by atoms with Gasteiger partial charge in [0.1, 0.15) is 0 Å². The molecule has 0 fully saturated rings. The minimum Gasteiger partial charge on any atom is -0.279 e. The predicted octanol–water partition coefficient (Wildman–Crippen LogP) is 3.32. The predicted molar refractivity (Wildman–Crippen MR) is 85.7 cm³/mol. The topological polar surface area (TPSA) is 54.7 Å². The third-order valence-corrected chi connectivity index (χ3v) is 6.97. The molecule has 0 amide bonds. The van der Waals surface area contributed by atoms with E-state index >= 15 is 0 Å². The van der Waals surface area contributed by atoms with Crippen LogP contribution >= 0.6 is 34.3 Å². The first kappa shape index (κ1) is 15.0. The Hall–Kier alpha value is -0.930. The number of halogens is 1. The van der Waals surface area contributed by atoms with Crippen molar-refractivity contribution in [2.45, 2.75) is 18.5 Å². The first-order valence-electron chi connectivity index (χ1n) is 6.17. The van der Waals surface area contributed by atoms with Crippen molar-refractivity contribution in [3.05, 3.63) is 39.1 Å². The quantitative estimate of drug-likeness (QED) is 0.700. The summed E-state index contributed by atoms with van der Waals surface area (Å²) in [6.07, 6.45) is 1.67. The average Bonchev–Trinajstić information content (AvgIpc) is 3.11. The van der Waals surface area contributed by atoms with Crippen LogP contribution in [-0.2, 0) is 16.6 Å². The maximum atomic E-state index is 12.9. The van der Waals surface area contributed by atoms with Gasteiger partial charge in [-0.05, 0) is 11.4 Å². The smallest absolute Gasteiger partial charge is 0.262 e. The molecule has 5 nitrogen and oxygen atoms in total. The summed E-state index contributed by atoms with van der Waals surface area (Å²) in [5, 5.41) is 3.77. The fourth-order valence-corrected chi connectivity index (χ4v) is 5.67. The average molecular weight is 362 g/mol. The van der Waals surface area contributed by atoms with E-state index in [0.29, 0.717) is 18.1 Å². The van der Waals surface area contributed by atoms with Gasteiger partial charge >= 0.3 is 0 Å². The van der Waals surface area contributed by atoms with Crippen LogP contribution < -0.4 is 0 Å². The summed E-state index contributed by atoms with van der Waals surface area (Å²) in [7, 11) is -3.70. The second-order valence-electron chi connectivity index (χ2n) is 4.27. The van der Waals surface area contributed by atoms with E-state index in [4.69, 9.17) is 11.6 Å². The van der Waals surface area contributed by atoms with Crippen molar-refractivity contribution >= 4 is 49.3 Å². The van der Waals surface area contributed by atoms with Crippen molar-refractivity contribution in [2.24, 2.45) is 0 Å². The second kappa shape index (κ2) is 5.69. The zero-order valence-corrected chi connectivity index (χ0v) is 14.3. The Kier molecular flexibility index (Phi) is 4.06. The van der Waals surface area contributed by atoms with Gasteiger partial charge in [0.25, 0.3) is 10.0 Å². The van der Waals surface area contributed by atoms with E-state index in [2.05, 4.69) is 4.98 Å². The van der Waals surface area contributed by atoms with Gasteiger partial charge in [-0.2, -0.15) is 4.31 Å². The number of fused-ring (bicyclic) bond motifs is 1. The fraction of sp³-hybridized carbons (Fsp3) is 0.250. The number of thiazole rings is 1. The zero-order chi connectivity index (χ0) is 15.0. The Bertz CT molecular complexity index is 852. The molecular weight excluding hydrogens is 350 g/mol. The zero-order valence-electron chi connectivity index (χ0n) is 11.1. The number of thiophene rings is 1. The summed E-state index contributed by atoms with van der Waals surface area (Å²) in [4.78, 5) is 5.66. The molecule has 0 aromatic carbocycles. The van der Waals surface area contributed by atoms with Crippen molar-refractivity contribution in [1.29, 1.82) is 0 Å². The van der Waals surface area contributed by atoms with Crippen LogP contribution in [0.4, 0.5) is 0 Å². The molecule has 0 spiro atoms. The number of sulfonamides is 1. The molecule has 0 saturated carbocycles. The van der Waals surface area contributed by atoms with Gasteiger partial charge in [0.2, 0.25) is 0 Å². The molecule has 0 saturated heterocycles. The lowest BCUT2D eigenvalue weighted by Gasteiger charge is -2.19. The highest BCUT2D eigenvalue weighted by molar-refractivity contribution is 7.89. The molecule has 21 heavy (non-hydrogen) atoms. The lowest BCUT2D eigenvalue weighted by molar-refractivity contribution is 0.423. The third-order valence-electron chi connectivity index (χ3n) is 3.03. The van der Waals surface area contributed by atoms with Gasteiger partial charge in [0.15, 0.2) is 15.1 Å². The van der Waals surface area contributed by atoms with Crippen LogP contribution in [0.1, 0.15) is 11.8 Å². The molecule has 3 rings (SSSR count). The molecular formula is C12H12ClN3O2S3. The van der Waals surface area contributed by atoms with E-state index in [0.717, 1.165) is 4.88 Å². The molecule has 0 unspecified atom stereocenters. The number of hydrogen-bond acceptors (Lipinski definition) is 5. The SMILES string of the molecule is CCN(Cc1cccs1)S(=O)(=O)c1c(Cl)nc2sccn12. The van der Waals surface area contributed by atoms with E-state index in [1.807, 2.05) is 24.4 Å². The third kappa shape index (κ3) is 2.62. The van der Waals surface area contributed by atoms with Gasteiger partial charge in [0, 0.05) is 29.5 Å². The normalized spacial score (nSPS) is 12.5. The van der Waals surface area contributed by atoms with Crippen LogP contribution in [0.25, 0.3) is 4.96 Å². The van der Waals surface area contributed by atoms with Crippen molar-refractivity contribution in [2.75, 3.05) is 6.54 Å². The summed E-state index contributed by atoms with van der Waals surface area (Å²) >= 11 is 8.93. The monoisotopic (exact) mass is 361 g/mol. The summed E-state index contributed by atoms with van der Waals surface area (Å²) in [6.45, 7) is 2.52. The minimum atomic E-state index is -3.70. The summed E-state index contributed by atoms with van der Waals surface area (Å²) in [5.41, 5.74) is 0. The highest BCUT2D eigenvalue weighted by Crippen LogP contribution is 2.29. The summed E-state index contributed by atoms with van der Waals surface area (Å²) in [6, 6.07) is 3.82. The highest BCUT2D eigenvalue weighted by Gasteiger charge is 2.30. The van der Waals surface area contributed by atoms with Crippen LogP contribution in [0.5, 0.6) is 0 Å². The van der Waals surface area contributed by atoms with Crippen LogP contribution in [0.3, 0.4) is 0 Å². The van der Waals surface area contributed by atoms with Crippen molar-refractivity contribution < 1.29 is 8.42 Å². The Morgan fingerprint density at radius 3 is 2.86 bits per heavy atom. The number of nitrogens with zero attached hydrogens (tertiary/aromatic N) is 3. The number of aromatic nitrogens is 2. The molecule has 3 aromatic heterocycles. The van der Waals surface area contributed by atoms with E-state index < -0.39 is 10.0 Å². The number of hydrogen-bond donors (Lipinski definition) is 0. The molecule has 0 N–H and O–H groups in total. The lowest BCUT2D eigenvalue weighted by Crippen LogP contribution is -2.31. The van der Waals surface area contributed by atoms with Gasteiger partial charge in [-0.15, -0.1) is 22.7 Å². The molecule has 0 bridgehead atoms. The molecule has 3 aromatic rings. The first-order valence-corrected chi connectivity index (χ1v) is 9.75. The Morgan fingerprint density at radius 1 is 1.38 bits per heavy atom. The number of imidazole rings is 1. The van der Waals surface area contributed by atoms with E-state index in [1.165, 1.54) is 31.4 Å². The molecule has 0 aliphatic heterocycles. The molecule has 3 heterocycles. The summed E-state index contributed by atoms with van der Waals surface area (Å²) < 4.78 is 28.7.